The normalized spacial score (nSPS) is 13.3. The van der Waals surface area contributed by atoms with Crippen LogP contribution in [0.25, 0.3) is 0 Å². The second kappa shape index (κ2) is 5.87. The number of carbonyl (C=O) groups is 3. The Kier molecular flexibility index (Phi) is 3.87. The highest BCUT2D eigenvalue weighted by atomic mass is 32.2. The molecular formula is C15H11N3O5S. The topological polar surface area (TPSA) is 121 Å². The lowest BCUT2D eigenvalue weighted by atomic mass is 10.1. The number of rotatable bonds is 4. The second-order valence-corrected chi connectivity index (χ2v) is 6.60. The van der Waals surface area contributed by atoms with E-state index in [9.17, 15) is 22.8 Å². The molecule has 3 amide bonds. The zero-order valence-electron chi connectivity index (χ0n) is 12.1. The Labute approximate surface area is 136 Å². The van der Waals surface area contributed by atoms with Gasteiger partial charge in [-0.2, -0.15) is 0 Å². The molecule has 3 N–H and O–H groups in total. The minimum absolute atomic E-state index is 0.0303. The quantitative estimate of drug-likeness (QED) is 0.540. The summed E-state index contributed by atoms with van der Waals surface area (Å²) in [6.07, 6.45) is 0. The van der Waals surface area contributed by atoms with Crippen LogP contribution in [0.1, 0.15) is 31.1 Å². The third kappa shape index (κ3) is 2.90. The Hall–Kier alpha value is -3.04. The van der Waals surface area contributed by atoms with Gasteiger partial charge in [-0.15, -0.1) is 4.83 Å². The van der Waals surface area contributed by atoms with Crippen LogP contribution in [-0.4, -0.2) is 26.1 Å². The van der Waals surface area contributed by atoms with Gasteiger partial charge in [0.2, 0.25) is 0 Å². The SMILES string of the molecule is O=C(NNS(=O)(=O)c1ccc2c(c1)C(=O)NC2=O)c1ccccc1. The third-order valence-corrected chi connectivity index (χ3v) is 4.60. The van der Waals surface area contributed by atoms with Crippen molar-refractivity contribution in [3.8, 4) is 0 Å². The Morgan fingerprint density at radius 3 is 2.29 bits per heavy atom. The fourth-order valence-electron chi connectivity index (χ4n) is 2.15. The van der Waals surface area contributed by atoms with Crippen LogP contribution in [0.3, 0.4) is 0 Å². The fraction of sp³-hybridized carbons (Fsp3) is 0. The first kappa shape index (κ1) is 15.8. The average Bonchev–Trinajstić information content (AvgIpc) is 2.87. The predicted octanol–water partition coefficient (Wildman–Crippen LogP) is 0.193. The van der Waals surface area contributed by atoms with E-state index in [0.717, 1.165) is 6.07 Å². The van der Waals surface area contributed by atoms with E-state index in [0.29, 0.717) is 0 Å². The molecule has 8 nitrogen and oxygen atoms in total. The second-order valence-electron chi connectivity index (χ2n) is 4.92. The molecule has 0 bridgehead atoms. The number of amides is 3. The molecule has 2 aromatic carbocycles. The van der Waals surface area contributed by atoms with Crippen molar-refractivity contribution in [1.29, 1.82) is 0 Å². The van der Waals surface area contributed by atoms with Gasteiger partial charge in [0.1, 0.15) is 0 Å². The average molecular weight is 345 g/mol. The van der Waals surface area contributed by atoms with Gasteiger partial charge in [-0.1, -0.05) is 18.2 Å². The highest BCUT2D eigenvalue weighted by Crippen LogP contribution is 2.19. The number of sulfonamides is 1. The number of hydrogen-bond acceptors (Lipinski definition) is 5. The van der Waals surface area contributed by atoms with E-state index in [1.807, 2.05) is 4.83 Å². The molecule has 1 aliphatic heterocycles. The number of nitrogens with one attached hydrogen (secondary N) is 3. The lowest BCUT2D eigenvalue weighted by Crippen LogP contribution is -2.41. The summed E-state index contributed by atoms with van der Waals surface area (Å²) >= 11 is 0. The molecule has 3 rings (SSSR count). The Morgan fingerprint density at radius 2 is 1.58 bits per heavy atom. The lowest BCUT2D eigenvalue weighted by molar-refractivity contribution is 0.0877. The molecule has 1 heterocycles. The van der Waals surface area contributed by atoms with Gasteiger partial charge in [-0.05, 0) is 30.3 Å². The summed E-state index contributed by atoms with van der Waals surface area (Å²) in [7, 11) is -4.10. The van der Waals surface area contributed by atoms with Crippen molar-refractivity contribution in [1.82, 2.24) is 15.6 Å². The van der Waals surface area contributed by atoms with Crippen molar-refractivity contribution in [2.24, 2.45) is 0 Å². The van der Waals surface area contributed by atoms with Crippen molar-refractivity contribution in [3.05, 3.63) is 65.2 Å². The van der Waals surface area contributed by atoms with Crippen molar-refractivity contribution in [2.45, 2.75) is 4.90 Å². The van der Waals surface area contributed by atoms with Crippen molar-refractivity contribution in [2.75, 3.05) is 0 Å². The molecule has 24 heavy (non-hydrogen) atoms. The number of fused-ring (bicyclic) bond motifs is 1. The van der Waals surface area contributed by atoms with Crippen LogP contribution < -0.4 is 15.6 Å². The van der Waals surface area contributed by atoms with Gasteiger partial charge in [0.05, 0.1) is 16.0 Å². The number of benzene rings is 2. The van der Waals surface area contributed by atoms with E-state index >= 15 is 0 Å². The Bertz CT molecular complexity index is 954. The number of imide groups is 1. The van der Waals surface area contributed by atoms with Crippen molar-refractivity contribution >= 4 is 27.7 Å². The molecule has 0 fully saturated rings. The summed E-state index contributed by atoms with van der Waals surface area (Å²) in [4.78, 5) is 36.6. The van der Waals surface area contributed by atoms with E-state index in [1.165, 1.54) is 24.3 Å². The zero-order chi connectivity index (χ0) is 17.3. The molecule has 0 aromatic heterocycles. The summed E-state index contributed by atoms with van der Waals surface area (Å²) in [5.41, 5.74) is 2.43. The largest absolute Gasteiger partial charge is 0.288 e. The van der Waals surface area contributed by atoms with Crippen molar-refractivity contribution in [3.63, 3.8) is 0 Å². The molecule has 2 aromatic rings. The molecular weight excluding hydrogens is 334 g/mol. The maximum absolute atomic E-state index is 12.2. The highest BCUT2D eigenvalue weighted by Gasteiger charge is 2.28. The first-order chi connectivity index (χ1) is 11.4. The lowest BCUT2D eigenvalue weighted by Gasteiger charge is -2.09. The van der Waals surface area contributed by atoms with Crippen LogP contribution in [0.2, 0.25) is 0 Å². The molecule has 0 atom stereocenters. The monoisotopic (exact) mass is 345 g/mol. The van der Waals surface area contributed by atoms with Crippen molar-refractivity contribution < 1.29 is 22.8 Å². The predicted molar refractivity (Wildman–Crippen MR) is 82.5 cm³/mol. The van der Waals surface area contributed by atoms with Gasteiger partial charge in [0.15, 0.2) is 0 Å². The van der Waals surface area contributed by atoms with Gasteiger partial charge in [0.25, 0.3) is 27.7 Å². The van der Waals surface area contributed by atoms with Crippen LogP contribution in [0.4, 0.5) is 0 Å². The number of hydrogen-bond donors (Lipinski definition) is 3. The minimum atomic E-state index is -4.10. The van der Waals surface area contributed by atoms with E-state index in [4.69, 9.17) is 0 Å². The van der Waals surface area contributed by atoms with E-state index < -0.39 is 27.7 Å². The van der Waals surface area contributed by atoms with Crippen LogP contribution in [0, 0.1) is 0 Å². The molecule has 0 saturated heterocycles. The first-order valence-electron chi connectivity index (χ1n) is 6.75. The summed E-state index contributed by atoms with van der Waals surface area (Å²) in [6.45, 7) is 0. The highest BCUT2D eigenvalue weighted by molar-refractivity contribution is 7.89. The standard InChI is InChI=1S/C15H11N3O5S/c19-13(9-4-2-1-3-5-9)17-18-24(22,23)10-6-7-11-12(8-10)15(21)16-14(11)20/h1-8,18H,(H,17,19)(H,16,20,21). The molecule has 9 heteroatoms. The van der Waals surface area contributed by atoms with Crippen LogP contribution >= 0.6 is 0 Å². The maximum atomic E-state index is 12.2. The maximum Gasteiger partial charge on any atom is 0.266 e. The van der Waals surface area contributed by atoms with Crippen LogP contribution in [0.15, 0.2) is 53.4 Å². The summed E-state index contributed by atoms with van der Waals surface area (Å²) in [5, 5.41) is 2.07. The number of hydrazine groups is 1. The summed E-state index contributed by atoms with van der Waals surface area (Å²) in [5.74, 6) is -1.88. The molecule has 122 valence electrons. The summed E-state index contributed by atoms with van der Waals surface area (Å²) < 4.78 is 24.4. The number of carbonyl (C=O) groups excluding carboxylic acids is 3. The van der Waals surface area contributed by atoms with E-state index in [1.54, 1.807) is 18.2 Å². The minimum Gasteiger partial charge on any atom is -0.288 e. The molecule has 0 radical (unpaired) electrons. The molecule has 0 unspecified atom stereocenters. The molecule has 0 spiro atoms. The van der Waals surface area contributed by atoms with Gasteiger partial charge in [-0.3, -0.25) is 25.1 Å². The third-order valence-electron chi connectivity index (χ3n) is 3.35. The molecule has 0 aliphatic carbocycles. The zero-order valence-corrected chi connectivity index (χ0v) is 12.9. The van der Waals surface area contributed by atoms with E-state index in [-0.39, 0.29) is 21.6 Å². The van der Waals surface area contributed by atoms with Gasteiger partial charge >= 0.3 is 0 Å². The van der Waals surface area contributed by atoms with Gasteiger partial charge in [-0.25, -0.2) is 8.42 Å². The fourth-order valence-corrected chi connectivity index (χ4v) is 3.01. The summed E-state index contributed by atoms with van der Waals surface area (Å²) in [6, 6.07) is 11.5. The van der Waals surface area contributed by atoms with Crippen LogP contribution in [-0.2, 0) is 10.0 Å². The van der Waals surface area contributed by atoms with E-state index in [2.05, 4.69) is 10.7 Å². The van der Waals surface area contributed by atoms with Gasteiger partial charge < -0.3 is 0 Å². The smallest absolute Gasteiger partial charge is 0.266 e. The van der Waals surface area contributed by atoms with Crippen LogP contribution in [0.5, 0.6) is 0 Å². The molecule has 0 saturated carbocycles. The molecule has 1 aliphatic rings. The van der Waals surface area contributed by atoms with Gasteiger partial charge in [0, 0.05) is 5.56 Å². The Morgan fingerprint density at radius 1 is 0.917 bits per heavy atom. The first-order valence-corrected chi connectivity index (χ1v) is 8.24. The Balaban J connectivity index is 1.79.